The molecule has 1 fully saturated rings. The molecule has 0 aromatic heterocycles. The number of amides is 3. The van der Waals surface area contributed by atoms with Gasteiger partial charge in [-0.1, -0.05) is 41.9 Å². The van der Waals surface area contributed by atoms with Crippen molar-refractivity contribution in [2.24, 2.45) is 0 Å². The highest BCUT2D eigenvalue weighted by atomic mass is 35.5. The predicted octanol–water partition coefficient (Wildman–Crippen LogP) is 6.09. The summed E-state index contributed by atoms with van der Waals surface area (Å²) < 4.78 is 11.2. The molecule has 1 aliphatic rings. The number of rotatable bonds is 9. The van der Waals surface area contributed by atoms with Crippen LogP contribution in [-0.2, 0) is 9.59 Å². The number of thioether (sulfide) groups is 1. The number of carbonyl (C=O) groups is 3. The predicted molar refractivity (Wildman–Crippen MR) is 146 cm³/mol. The Morgan fingerprint density at radius 1 is 1.00 bits per heavy atom. The van der Waals surface area contributed by atoms with Crippen LogP contribution in [0.25, 0.3) is 6.08 Å². The summed E-state index contributed by atoms with van der Waals surface area (Å²) in [5, 5.41) is 2.70. The number of benzene rings is 3. The lowest BCUT2D eigenvalue weighted by Gasteiger charge is -2.13. The number of hydrogen-bond donors (Lipinski definition) is 1. The van der Waals surface area contributed by atoms with Crippen molar-refractivity contribution in [1.82, 2.24) is 4.90 Å². The summed E-state index contributed by atoms with van der Waals surface area (Å²) in [5.74, 6) is 0.324. The molecule has 1 aliphatic heterocycles. The molecule has 37 heavy (non-hydrogen) atoms. The molecule has 0 aliphatic carbocycles. The van der Waals surface area contributed by atoms with E-state index in [1.54, 1.807) is 30.3 Å². The van der Waals surface area contributed by atoms with Crippen molar-refractivity contribution in [2.75, 3.05) is 25.1 Å². The molecule has 1 heterocycles. The van der Waals surface area contributed by atoms with Gasteiger partial charge in [-0.05, 0) is 84.8 Å². The number of nitrogens with zero attached hydrogens (tertiary/aromatic N) is 1. The fourth-order valence-electron chi connectivity index (χ4n) is 3.59. The molecule has 0 spiro atoms. The van der Waals surface area contributed by atoms with E-state index in [0.717, 1.165) is 27.8 Å². The number of halogens is 1. The number of carbonyl (C=O) groups excluding carboxylic acids is 3. The lowest BCUT2D eigenvalue weighted by atomic mass is 10.2. The standard InChI is InChI=1S/C28H25ClN2O5S/c1-18-5-3-7-21(13-18)30-26(32)17-36-24-10-9-20(15-23(24)29)16-25-27(33)31(28(34)37-25)11-12-35-22-8-4-6-19(2)14-22/h3-10,13-16H,11-12,17H2,1-2H3,(H,30,32)/b25-16-. The van der Waals surface area contributed by atoms with E-state index in [9.17, 15) is 14.4 Å². The van der Waals surface area contributed by atoms with Crippen molar-refractivity contribution in [3.05, 3.63) is 93.3 Å². The average Bonchev–Trinajstić information content (AvgIpc) is 3.11. The number of aryl methyl sites for hydroxylation is 2. The second-order valence-corrected chi connectivity index (χ2v) is 9.79. The second kappa shape index (κ2) is 12.0. The van der Waals surface area contributed by atoms with Gasteiger partial charge in [0.25, 0.3) is 17.1 Å². The molecule has 190 valence electrons. The second-order valence-electron chi connectivity index (χ2n) is 8.39. The highest BCUT2D eigenvalue weighted by Crippen LogP contribution is 2.33. The lowest BCUT2D eigenvalue weighted by Crippen LogP contribution is -2.32. The number of ether oxygens (including phenoxy) is 2. The Labute approximate surface area is 224 Å². The molecule has 7 nitrogen and oxygen atoms in total. The van der Waals surface area contributed by atoms with Gasteiger partial charge in [0, 0.05) is 5.69 Å². The van der Waals surface area contributed by atoms with Crippen molar-refractivity contribution in [2.45, 2.75) is 13.8 Å². The molecule has 4 rings (SSSR count). The minimum absolute atomic E-state index is 0.147. The van der Waals surface area contributed by atoms with Crippen LogP contribution in [0.4, 0.5) is 10.5 Å². The van der Waals surface area contributed by atoms with Crippen LogP contribution in [0, 0.1) is 13.8 Å². The third-order valence-electron chi connectivity index (χ3n) is 5.36. The van der Waals surface area contributed by atoms with Gasteiger partial charge in [-0.3, -0.25) is 19.3 Å². The summed E-state index contributed by atoms with van der Waals surface area (Å²) in [4.78, 5) is 38.8. The molecular formula is C28H25ClN2O5S. The molecule has 0 atom stereocenters. The third-order valence-corrected chi connectivity index (χ3v) is 6.56. The summed E-state index contributed by atoms with van der Waals surface area (Å²) >= 11 is 7.21. The van der Waals surface area contributed by atoms with E-state index in [2.05, 4.69) is 5.32 Å². The summed E-state index contributed by atoms with van der Waals surface area (Å²) in [5.41, 5.74) is 3.41. The van der Waals surface area contributed by atoms with Crippen LogP contribution in [0.3, 0.4) is 0 Å². The van der Waals surface area contributed by atoms with Crippen LogP contribution in [-0.4, -0.2) is 41.7 Å². The van der Waals surface area contributed by atoms with Gasteiger partial charge in [0.15, 0.2) is 6.61 Å². The van der Waals surface area contributed by atoms with Gasteiger partial charge in [-0.25, -0.2) is 0 Å². The van der Waals surface area contributed by atoms with E-state index in [1.807, 2.05) is 56.3 Å². The van der Waals surface area contributed by atoms with Crippen LogP contribution in [0.15, 0.2) is 71.6 Å². The first kappa shape index (κ1) is 26.3. The van der Waals surface area contributed by atoms with Gasteiger partial charge >= 0.3 is 0 Å². The zero-order chi connectivity index (χ0) is 26.4. The SMILES string of the molecule is Cc1cccc(NC(=O)COc2ccc(/C=C3\SC(=O)N(CCOc4cccc(C)c4)C3=O)cc2Cl)c1. The van der Waals surface area contributed by atoms with E-state index in [1.165, 1.54) is 0 Å². The quantitative estimate of drug-likeness (QED) is 0.333. The fraction of sp³-hybridized carbons (Fsp3) is 0.179. The first-order valence-electron chi connectivity index (χ1n) is 11.5. The minimum atomic E-state index is -0.382. The smallest absolute Gasteiger partial charge is 0.293 e. The third kappa shape index (κ3) is 7.15. The van der Waals surface area contributed by atoms with Crippen molar-refractivity contribution in [3.8, 4) is 11.5 Å². The molecule has 1 N–H and O–H groups in total. The van der Waals surface area contributed by atoms with Gasteiger partial charge < -0.3 is 14.8 Å². The molecule has 3 amide bonds. The Bertz CT molecular complexity index is 1370. The van der Waals surface area contributed by atoms with Gasteiger partial charge in [0.2, 0.25) is 0 Å². The zero-order valence-electron chi connectivity index (χ0n) is 20.3. The van der Waals surface area contributed by atoms with Crippen molar-refractivity contribution >= 4 is 52.2 Å². The molecule has 9 heteroatoms. The number of anilines is 1. The summed E-state index contributed by atoms with van der Waals surface area (Å²) in [6.07, 6.45) is 1.60. The number of nitrogens with one attached hydrogen (secondary N) is 1. The van der Waals surface area contributed by atoms with E-state index in [-0.39, 0.29) is 41.8 Å². The molecule has 3 aromatic carbocycles. The van der Waals surface area contributed by atoms with Crippen molar-refractivity contribution < 1.29 is 23.9 Å². The Morgan fingerprint density at radius 2 is 1.76 bits per heavy atom. The summed E-state index contributed by atoms with van der Waals surface area (Å²) in [7, 11) is 0. The number of imide groups is 1. The van der Waals surface area contributed by atoms with Gasteiger partial charge in [-0.15, -0.1) is 0 Å². The first-order valence-corrected chi connectivity index (χ1v) is 12.7. The van der Waals surface area contributed by atoms with Crippen LogP contribution in [0.2, 0.25) is 5.02 Å². The fourth-order valence-corrected chi connectivity index (χ4v) is 4.70. The Kier molecular flexibility index (Phi) is 8.53. The van der Waals surface area contributed by atoms with E-state index in [0.29, 0.717) is 27.7 Å². The van der Waals surface area contributed by atoms with Gasteiger partial charge in [-0.2, -0.15) is 0 Å². The maximum Gasteiger partial charge on any atom is 0.293 e. The van der Waals surface area contributed by atoms with E-state index < -0.39 is 0 Å². The Morgan fingerprint density at radius 3 is 2.49 bits per heavy atom. The molecule has 0 radical (unpaired) electrons. The van der Waals surface area contributed by atoms with E-state index >= 15 is 0 Å². The van der Waals surface area contributed by atoms with E-state index in [4.69, 9.17) is 21.1 Å². The van der Waals surface area contributed by atoms with Gasteiger partial charge in [0.1, 0.15) is 18.1 Å². The molecule has 1 saturated heterocycles. The van der Waals surface area contributed by atoms with Crippen LogP contribution in [0.1, 0.15) is 16.7 Å². The monoisotopic (exact) mass is 536 g/mol. The van der Waals surface area contributed by atoms with Crippen molar-refractivity contribution in [3.63, 3.8) is 0 Å². The average molecular weight is 537 g/mol. The molecule has 0 saturated carbocycles. The maximum atomic E-state index is 12.8. The minimum Gasteiger partial charge on any atom is -0.492 e. The summed E-state index contributed by atoms with van der Waals surface area (Å²) in [6.45, 7) is 4.03. The van der Waals surface area contributed by atoms with Gasteiger partial charge in [0.05, 0.1) is 16.5 Å². The highest BCUT2D eigenvalue weighted by Gasteiger charge is 2.34. The van der Waals surface area contributed by atoms with Crippen LogP contribution in [0.5, 0.6) is 11.5 Å². The maximum absolute atomic E-state index is 12.8. The lowest BCUT2D eigenvalue weighted by molar-refractivity contribution is -0.123. The molecule has 3 aromatic rings. The normalized spacial score (nSPS) is 14.2. The largest absolute Gasteiger partial charge is 0.492 e. The summed E-state index contributed by atoms with van der Waals surface area (Å²) in [6, 6.07) is 20.0. The zero-order valence-corrected chi connectivity index (χ0v) is 21.9. The molecule has 0 bridgehead atoms. The van der Waals surface area contributed by atoms with Crippen molar-refractivity contribution in [1.29, 1.82) is 0 Å². The topological polar surface area (TPSA) is 84.9 Å². The Balaban J connectivity index is 1.32. The van der Waals surface area contributed by atoms with Crippen LogP contribution >= 0.6 is 23.4 Å². The van der Waals surface area contributed by atoms with Crippen LogP contribution < -0.4 is 14.8 Å². The first-order chi connectivity index (χ1) is 17.8. The molecular weight excluding hydrogens is 512 g/mol. The molecule has 0 unspecified atom stereocenters. The number of hydrogen-bond acceptors (Lipinski definition) is 6. The highest BCUT2D eigenvalue weighted by molar-refractivity contribution is 8.18. The Hall–Kier alpha value is -3.75.